The molecule has 92 valence electrons. The lowest BCUT2D eigenvalue weighted by atomic mass is 10.2. The van der Waals surface area contributed by atoms with Crippen LogP contribution in [-0.2, 0) is 0 Å². The van der Waals surface area contributed by atoms with Crippen molar-refractivity contribution in [3.05, 3.63) is 51.0 Å². The van der Waals surface area contributed by atoms with E-state index in [-0.39, 0.29) is 5.91 Å². The molecule has 0 radical (unpaired) electrons. The van der Waals surface area contributed by atoms with E-state index in [1.807, 2.05) is 12.1 Å². The van der Waals surface area contributed by atoms with Crippen molar-refractivity contribution in [1.29, 1.82) is 0 Å². The van der Waals surface area contributed by atoms with Gasteiger partial charge in [-0.3, -0.25) is 4.79 Å². The van der Waals surface area contributed by atoms with Gasteiger partial charge < -0.3 is 11.1 Å². The quantitative estimate of drug-likeness (QED) is 0.850. The molecule has 1 aromatic carbocycles. The lowest BCUT2D eigenvalue weighted by molar-refractivity contribution is 0.102. The fourth-order valence-corrected chi connectivity index (χ4v) is 2.02. The van der Waals surface area contributed by atoms with E-state index in [0.717, 1.165) is 4.47 Å². The van der Waals surface area contributed by atoms with Gasteiger partial charge in [0.15, 0.2) is 0 Å². The number of benzene rings is 1. The number of nitrogens with zero attached hydrogens (tertiary/aromatic N) is 1. The predicted molar refractivity (Wildman–Crippen MR) is 78.4 cm³/mol. The van der Waals surface area contributed by atoms with Crippen LogP contribution in [0.1, 0.15) is 10.4 Å². The van der Waals surface area contributed by atoms with Crippen molar-refractivity contribution in [1.82, 2.24) is 4.98 Å². The van der Waals surface area contributed by atoms with Gasteiger partial charge in [-0.25, -0.2) is 4.98 Å². The molecule has 3 N–H and O–H groups in total. The van der Waals surface area contributed by atoms with Crippen LogP contribution in [0.15, 0.2) is 45.5 Å². The number of anilines is 2. The molecule has 0 aliphatic rings. The summed E-state index contributed by atoms with van der Waals surface area (Å²) in [6.07, 6.45) is 1.51. The number of nitrogens with one attached hydrogen (secondary N) is 1. The Bertz CT molecular complexity index is 584. The van der Waals surface area contributed by atoms with Crippen LogP contribution in [0, 0.1) is 0 Å². The summed E-state index contributed by atoms with van der Waals surface area (Å²) in [6.45, 7) is 0. The third-order valence-electron chi connectivity index (χ3n) is 2.22. The largest absolute Gasteiger partial charge is 0.384 e. The van der Waals surface area contributed by atoms with E-state index >= 15 is 0 Å². The second kappa shape index (κ2) is 5.49. The number of hydrogen-bond donors (Lipinski definition) is 2. The molecule has 18 heavy (non-hydrogen) atoms. The fraction of sp³-hybridized carbons (Fsp3) is 0. The van der Waals surface area contributed by atoms with Crippen molar-refractivity contribution in [2.24, 2.45) is 0 Å². The first-order valence-corrected chi connectivity index (χ1v) is 6.63. The number of carbonyl (C=O) groups excluding carboxylic acids is 1. The van der Waals surface area contributed by atoms with Crippen LogP contribution in [-0.4, -0.2) is 10.9 Å². The molecule has 0 bridgehead atoms. The molecule has 2 rings (SSSR count). The molecule has 0 saturated heterocycles. The maximum absolute atomic E-state index is 12.0. The van der Waals surface area contributed by atoms with E-state index in [9.17, 15) is 4.79 Å². The summed E-state index contributed by atoms with van der Waals surface area (Å²) in [5.41, 5.74) is 6.72. The molecule has 1 heterocycles. The Morgan fingerprint density at radius 1 is 1.22 bits per heavy atom. The Kier molecular flexibility index (Phi) is 3.98. The normalized spacial score (nSPS) is 10.1. The van der Waals surface area contributed by atoms with Crippen LogP contribution in [0.4, 0.5) is 11.5 Å². The highest BCUT2D eigenvalue weighted by Crippen LogP contribution is 2.20. The van der Waals surface area contributed by atoms with Crippen LogP contribution < -0.4 is 11.1 Å². The van der Waals surface area contributed by atoms with Gasteiger partial charge in [0.2, 0.25) is 0 Å². The van der Waals surface area contributed by atoms with Gasteiger partial charge in [0.1, 0.15) is 5.82 Å². The summed E-state index contributed by atoms with van der Waals surface area (Å²) in [7, 11) is 0. The number of hydrogen-bond acceptors (Lipinski definition) is 3. The molecule has 0 saturated carbocycles. The average Bonchev–Trinajstić information content (AvgIpc) is 2.35. The summed E-state index contributed by atoms with van der Waals surface area (Å²) in [6, 6.07) is 8.84. The van der Waals surface area contributed by atoms with Gasteiger partial charge in [0.05, 0.1) is 5.56 Å². The predicted octanol–water partition coefficient (Wildman–Crippen LogP) is 3.44. The number of halogens is 2. The molecule has 0 aliphatic heterocycles. The van der Waals surface area contributed by atoms with Crippen LogP contribution in [0.3, 0.4) is 0 Å². The summed E-state index contributed by atoms with van der Waals surface area (Å²) in [5, 5.41) is 2.78. The lowest BCUT2D eigenvalue weighted by Crippen LogP contribution is -2.13. The SMILES string of the molecule is Nc1cc(C(=O)Nc2ccc(Br)cc2)c(Br)cn1. The van der Waals surface area contributed by atoms with Crippen molar-refractivity contribution < 1.29 is 4.79 Å². The van der Waals surface area contributed by atoms with Crippen LogP contribution in [0.2, 0.25) is 0 Å². The van der Waals surface area contributed by atoms with E-state index in [2.05, 4.69) is 42.2 Å². The third kappa shape index (κ3) is 3.08. The third-order valence-corrected chi connectivity index (χ3v) is 3.38. The van der Waals surface area contributed by atoms with Gasteiger partial charge in [-0.05, 0) is 46.3 Å². The first-order chi connectivity index (χ1) is 8.56. The number of rotatable bonds is 2. The van der Waals surface area contributed by atoms with Crippen molar-refractivity contribution in [2.75, 3.05) is 11.1 Å². The smallest absolute Gasteiger partial charge is 0.257 e. The molecule has 0 spiro atoms. The molecular formula is C12H9Br2N3O. The minimum atomic E-state index is -0.238. The molecule has 2 aromatic rings. The average molecular weight is 371 g/mol. The molecule has 1 aromatic heterocycles. The number of aromatic nitrogens is 1. The highest BCUT2D eigenvalue weighted by molar-refractivity contribution is 9.10. The maximum Gasteiger partial charge on any atom is 0.257 e. The molecular weight excluding hydrogens is 362 g/mol. The number of nitrogen functional groups attached to an aromatic ring is 1. The van der Waals surface area contributed by atoms with Crippen LogP contribution >= 0.6 is 31.9 Å². The highest BCUT2D eigenvalue weighted by Gasteiger charge is 2.11. The zero-order valence-electron chi connectivity index (χ0n) is 9.15. The highest BCUT2D eigenvalue weighted by atomic mass is 79.9. The zero-order chi connectivity index (χ0) is 13.1. The van der Waals surface area contributed by atoms with Gasteiger partial charge in [-0.1, -0.05) is 15.9 Å². The molecule has 4 nitrogen and oxygen atoms in total. The van der Waals surface area contributed by atoms with E-state index in [1.165, 1.54) is 12.3 Å². The van der Waals surface area contributed by atoms with Gasteiger partial charge in [0.25, 0.3) is 5.91 Å². The van der Waals surface area contributed by atoms with Gasteiger partial charge in [-0.15, -0.1) is 0 Å². The molecule has 0 unspecified atom stereocenters. The summed E-state index contributed by atoms with van der Waals surface area (Å²) in [4.78, 5) is 15.9. The number of pyridine rings is 1. The summed E-state index contributed by atoms with van der Waals surface area (Å²) >= 11 is 6.60. The Morgan fingerprint density at radius 3 is 2.56 bits per heavy atom. The lowest BCUT2D eigenvalue weighted by Gasteiger charge is -2.07. The van der Waals surface area contributed by atoms with Crippen molar-refractivity contribution in [3.63, 3.8) is 0 Å². The Morgan fingerprint density at radius 2 is 1.89 bits per heavy atom. The molecule has 6 heteroatoms. The number of nitrogens with two attached hydrogens (primary N) is 1. The summed E-state index contributed by atoms with van der Waals surface area (Å²) < 4.78 is 1.56. The second-order valence-electron chi connectivity index (χ2n) is 3.55. The zero-order valence-corrected chi connectivity index (χ0v) is 12.3. The topological polar surface area (TPSA) is 68.0 Å². The van der Waals surface area contributed by atoms with Crippen molar-refractivity contribution in [2.45, 2.75) is 0 Å². The first-order valence-electron chi connectivity index (χ1n) is 5.04. The first kappa shape index (κ1) is 13.0. The Labute approximate surface area is 121 Å². The molecule has 0 fully saturated rings. The minimum Gasteiger partial charge on any atom is -0.384 e. The second-order valence-corrected chi connectivity index (χ2v) is 5.32. The summed E-state index contributed by atoms with van der Waals surface area (Å²) in [5.74, 6) is 0.0671. The Balaban J connectivity index is 2.21. The maximum atomic E-state index is 12.0. The number of amides is 1. The molecule has 0 aliphatic carbocycles. The standard InChI is InChI=1S/C12H9Br2N3O/c13-7-1-3-8(4-2-7)17-12(18)9-5-11(15)16-6-10(9)14/h1-6H,(H2,15,16)(H,17,18). The van der Waals surface area contributed by atoms with Gasteiger partial charge >= 0.3 is 0 Å². The van der Waals surface area contributed by atoms with Crippen molar-refractivity contribution in [3.8, 4) is 0 Å². The van der Waals surface area contributed by atoms with Crippen LogP contribution in [0.25, 0.3) is 0 Å². The van der Waals surface area contributed by atoms with Gasteiger partial charge in [-0.2, -0.15) is 0 Å². The Hall–Kier alpha value is -1.40. The van der Waals surface area contributed by atoms with Crippen molar-refractivity contribution >= 4 is 49.3 Å². The van der Waals surface area contributed by atoms with E-state index in [1.54, 1.807) is 12.1 Å². The fourth-order valence-electron chi connectivity index (χ4n) is 1.36. The van der Waals surface area contributed by atoms with Gasteiger partial charge in [0, 0.05) is 20.8 Å². The minimum absolute atomic E-state index is 0.238. The van der Waals surface area contributed by atoms with Crippen LogP contribution in [0.5, 0.6) is 0 Å². The van der Waals surface area contributed by atoms with E-state index in [4.69, 9.17) is 5.73 Å². The number of carbonyl (C=O) groups is 1. The molecule has 0 atom stereocenters. The van der Waals surface area contributed by atoms with E-state index < -0.39 is 0 Å². The molecule has 1 amide bonds. The monoisotopic (exact) mass is 369 g/mol. The van der Waals surface area contributed by atoms with E-state index in [0.29, 0.717) is 21.5 Å².